The van der Waals surface area contributed by atoms with Crippen LogP contribution < -0.4 is 0 Å². The first kappa shape index (κ1) is 51.9. The van der Waals surface area contributed by atoms with Crippen LogP contribution in [0.25, 0.3) is 0 Å². The van der Waals surface area contributed by atoms with Gasteiger partial charge in [-0.2, -0.15) is 0 Å². The Morgan fingerprint density at radius 3 is 1.02 bits per heavy atom. The zero-order valence-electron chi connectivity index (χ0n) is 33.8. The second-order valence-corrected chi connectivity index (χ2v) is 27.9. The summed E-state index contributed by atoms with van der Waals surface area (Å²) >= 11 is 3.48. The molecule has 0 radical (unpaired) electrons. The molecule has 2 rings (SSSR count). The van der Waals surface area contributed by atoms with Gasteiger partial charge in [0.1, 0.15) is 0 Å². The molecular formula is C38H72N4S10. The van der Waals surface area contributed by atoms with E-state index in [9.17, 15) is 0 Å². The maximum Gasteiger partial charge on any atom is 0.185 e. The van der Waals surface area contributed by atoms with Crippen LogP contribution in [0, 0.1) is 0 Å². The highest BCUT2D eigenvalue weighted by atomic mass is 33.1. The second kappa shape index (κ2) is 34.9. The highest BCUT2D eigenvalue weighted by Gasteiger charge is 2.22. The first-order valence-corrected chi connectivity index (χ1v) is 30.7. The van der Waals surface area contributed by atoms with Crippen LogP contribution in [0.4, 0.5) is 0 Å². The van der Waals surface area contributed by atoms with Gasteiger partial charge in [-0.15, -0.1) is 20.4 Å². The van der Waals surface area contributed by atoms with E-state index in [1.807, 2.05) is 43.2 Å². The summed E-state index contributed by atoms with van der Waals surface area (Å²) in [6, 6.07) is 0. The van der Waals surface area contributed by atoms with Crippen LogP contribution in [0.2, 0.25) is 0 Å². The third-order valence-corrected chi connectivity index (χ3v) is 22.8. The van der Waals surface area contributed by atoms with E-state index >= 15 is 0 Å². The molecule has 4 nitrogen and oxygen atoms in total. The van der Waals surface area contributed by atoms with E-state index in [1.54, 1.807) is 65.8 Å². The molecule has 0 saturated carbocycles. The Balaban J connectivity index is 0.000000522. The monoisotopic (exact) mass is 904 g/mol. The Hall–Kier alpha value is 1.92. The van der Waals surface area contributed by atoms with Crippen LogP contribution >= 0.6 is 109 Å². The number of unbranched alkanes of at least 4 members (excludes halogenated alkanes) is 16. The average molecular weight is 906 g/mol. The number of rotatable bonds is 34. The molecule has 0 aliphatic heterocycles. The fourth-order valence-corrected chi connectivity index (χ4v) is 16.9. The summed E-state index contributed by atoms with van der Waals surface area (Å²) < 4.78 is 4.99. The molecule has 0 spiro atoms. The Labute approximate surface area is 361 Å². The largest absolute Gasteiger partial charge is 0.185 e. The van der Waals surface area contributed by atoms with Crippen molar-refractivity contribution in [1.82, 2.24) is 20.4 Å². The average Bonchev–Trinajstić information content (AvgIpc) is 3.79. The molecule has 0 aliphatic rings. The third kappa shape index (κ3) is 31.0. The first-order valence-electron chi connectivity index (χ1n) is 20.1. The summed E-state index contributed by atoms with van der Waals surface area (Å²) in [5.41, 5.74) is 0. The molecule has 0 fully saturated rings. The molecular weight excluding hydrogens is 833 g/mol. The molecule has 0 aromatic carbocycles. The molecule has 2 heterocycles. The van der Waals surface area contributed by atoms with Crippen molar-refractivity contribution in [2.75, 3.05) is 11.5 Å². The summed E-state index contributed by atoms with van der Waals surface area (Å²) in [7, 11) is 15.0. The Kier molecular flexibility index (Phi) is 34.9. The van der Waals surface area contributed by atoms with Gasteiger partial charge < -0.3 is 0 Å². The van der Waals surface area contributed by atoms with Crippen molar-refractivity contribution in [3.05, 3.63) is 0 Å². The predicted molar refractivity (Wildman–Crippen MR) is 256 cm³/mol. The highest BCUT2D eigenvalue weighted by molar-refractivity contribution is 8.78. The van der Waals surface area contributed by atoms with Gasteiger partial charge in [-0.25, -0.2) is 0 Å². The minimum Gasteiger partial charge on any atom is -0.130 e. The lowest BCUT2D eigenvalue weighted by Crippen LogP contribution is -2.12. The molecule has 0 bridgehead atoms. The van der Waals surface area contributed by atoms with E-state index in [0.29, 0.717) is 9.49 Å². The number of nitrogens with zero attached hydrogens (tertiary/aromatic N) is 4. The van der Waals surface area contributed by atoms with Crippen molar-refractivity contribution < 1.29 is 0 Å². The molecule has 2 aromatic heterocycles. The lowest BCUT2D eigenvalue weighted by molar-refractivity contribution is 0.561. The summed E-state index contributed by atoms with van der Waals surface area (Å²) in [6.45, 7) is 18.5. The zero-order chi connectivity index (χ0) is 38.2. The van der Waals surface area contributed by atoms with Gasteiger partial charge in [0.25, 0.3) is 0 Å². The van der Waals surface area contributed by atoms with Gasteiger partial charge in [0.15, 0.2) is 17.4 Å². The molecule has 0 atom stereocenters. The molecule has 0 amide bonds. The molecule has 0 aliphatic carbocycles. The molecule has 14 heteroatoms. The second-order valence-electron chi connectivity index (χ2n) is 14.5. The quantitative estimate of drug-likeness (QED) is 0.0496. The first-order chi connectivity index (χ1) is 25.1. The van der Waals surface area contributed by atoms with Gasteiger partial charge in [-0.3, -0.25) is 0 Å². The number of hydrogen-bond donors (Lipinski definition) is 0. The lowest BCUT2D eigenvalue weighted by Gasteiger charge is -2.22. The van der Waals surface area contributed by atoms with Crippen molar-refractivity contribution in [1.29, 1.82) is 0 Å². The van der Waals surface area contributed by atoms with Crippen molar-refractivity contribution in [3.8, 4) is 0 Å². The fourth-order valence-electron chi connectivity index (χ4n) is 4.93. The molecule has 0 unspecified atom stereocenters. The smallest absolute Gasteiger partial charge is 0.130 e. The third-order valence-electron chi connectivity index (χ3n) is 8.14. The fraction of sp³-hybridized carbons (Fsp3) is 0.895. The molecule has 52 heavy (non-hydrogen) atoms. The summed E-state index contributed by atoms with van der Waals surface area (Å²) in [5.74, 6) is 2.46. The van der Waals surface area contributed by atoms with Crippen molar-refractivity contribution in [2.24, 2.45) is 0 Å². The Morgan fingerprint density at radius 1 is 0.385 bits per heavy atom. The molecule has 0 saturated heterocycles. The summed E-state index contributed by atoms with van der Waals surface area (Å²) in [4.78, 5) is 0. The van der Waals surface area contributed by atoms with E-state index in [4.69, 9.17) is 0 Å². The van der Waals surface area contributed by atoms with Crippen LogP contribution in [0.5, 0.6) is 0 Å². The Bertz CT molecular complexity index is 989. The Morgan fingerprint density at radius 2 is 0.673 bits per heavy atom. The van der Waals surface area contributed by atoms with Crippen LogP contribution in [0.3, 0.4) is 0 Å². The van der Waals surface area contributed by atoms with Gasteiger partial charge in [-0.05, 0) is 96.6 Å². The maximum atomic E-state index is 4.39. The molecule has 0 N–H and O–H groups in total. The predicted octanol–water partition coefficient (Wildman–Crippen LogP) is 18.3. The molecule has 2 aromatic rings. The van der Waals surface area contributed by atoms with E-state index < -0.39 is 0 Å². The van der Waals surface area contributed by atoms with E-state index in [2.05, 4.69) is 75.8 Å². The van der Waals surface area contributed by atoms with Crippen LogP contribution in [0.15, 0.2) is 17.4 Å². The van der Waals surface area contributed by atoms with E-state index in [0.717, 1.165) is 17.4 Å². The van der Waals surface area contributed by atoms with Crippen LogP contribution in [0.1, 0.15) is 197 Å². The summed E-state index contributed by atoms with van der Waals surface area (Å²) in [5, 5.41) is 17.4. The van der Waals surface area contributed by atoms with Crippen molar-refractivity contribution >= 4 is 109 Å². The minimum absolute atomic E-state index is 0.298. The van der Waals surface area contributed by atoms with Crippen molar-refractivity contribution in [3.63, 3.8) is 0 Å². The number of hydrogen-bond acceptors (Lipinski definition) is 14. The van der Waals surface area contributed by atoms with E-state index in [-0.39, 0.29) is 0 Å². The topological polar surface area (TPSA) is 51.6 Å². The normalized spacial score (nSPS) is 12.0. The maximum absolute atomic E-state index is 4.39. The van der Waals surface area contributed by atoms with E-state index in [1.165, 1.54) is 153 Å². The summed E-state index contributed by atoms with van der Waals surface area (Å²) in [6.07, 6.45) is 29.7. The van der Waals surface area contributed by atoms with Crippen molar-refractivity contribution in [2.45, 2.75) is 224 Å². The number of aromatic nitrogens is 4. The van der Waals surface area contributed by atoms with Gasteiger partial charge >= 0.3 is 0 Å². The SMILES string of the molecule is CCCCCCC(C)(C)SSc1nnc(SSC(C)(C)CCCCCC)s1.CCCCCCCCSSc1nnc(SSCCCCCCCC)s1. The minimum atomic E-state index is 0.298. The highest BCUT2D eigenvalue weighted by Crippen LogP contribution is 2.48. The standard InChI is InChI=1S/C20H38N2S5.C18H34N2S5/c1-7-9-11-13-15-19(3,4)26-24-17-21-22-18(23-17)25-27-20(5,6)16-14-12-10-8-2;1-3-5-7-9-11-13-15-21-24-17-19-20-18(23-17)25-22-16-14-12-10-8-6-4-2/h7-16H2,1-6H3;3-16H2,1-2H3. The molecule has 304 valence electrons. The van der Waals surface area contributed by atoms with Gasteiger partial charge in [0.05, 0.1) is 0 Å². The van der Waals surface area contributed by atoms with Crippen LogP contribution in [-0.4, -0.2) is 41.4 Å². The van der Waals surface area contributed by atoms with Gasteiger partial charge in [-0.1, -0.05) is 209 Å². The van der Waals surface area contributed by atoms with Gasteiger partial charge in [0.2, 0.25) is 0 Å². The van der Waals surface area contributed by atoms with Crippen LogP contribution in [-0.2, 0) is 0 Å². The lowest BCUT2D eigenvalue weighted by atomic mass is 10.0. The zero-order valence-corrected chi connectivity index (χ0v) is 42.0. The van der Waals surface area contributed by atoms with Gasteiger partial charge in [0, 0.05) is 21.0 Å².